The summed E-state index contributed by atoms with van der Waals surface area (Å²) in [6.45, 7) is 1.83. The molecule has 0 saturated carbocycles. The number of amides is 1. The summed E-state index contributed by atoms with van der Waals surface area (Å²) in [5, 5.41) is 9.24. The average molecular weight is 231 g/mol. The lowest BCUT2D eigenvalue weighted by Crippen LogP contribution is -2.27. The lowest BCUT2D eigenvalue weighted by Gasteiger charge is -2.10. The molecule has 1 heterocycles. The van der Waals surface area contributed by atoms with Crippen LogP contribution in [0.3, 0.4) is 0 Å². The van der Waals surface area contributed by atoms with Gasteiger partial charge < -0.3 is 11.1 Å². The Morgan fingerprint density at radius 1 is 1.41 bits per heavy atom. The second-order valence-electron chi connectivity index (χ2n) is 3.69. The van der Waals surface area contributed by atoms with Gasteiger partial charge in [0.25, 0.3) is 5.91 Å². The summed E-state index contributed by atoms with van der Waals surface area (Å²) < 4.78 is 0. The molecule has 1 amide bonds. The van der Waals surface area contributed by atoms with Crippen LogP contribution in [0.2, 0.25) is 0 Å². The third-order valence-corrected chi connectivity index (χ3v) is 2.36. The number of aromatic amines is 1. The zero-order chi connectivity index (χ0) is 12.3. The van der Waals surface area contributed by atoms with E-state index in [4.69, 9.17) is 5.73 Å². The van der Waals surface area contributed by atoms with Crippen molar-refractivity contribution in [3.05, 3.63) is 42.0 Å². The standard InChI is InChI=1S/C11H13N5O/c1-7(10-13-6-14-16-10)15-11(17)8-2-4-9(12)5-3-8/h2-7H,12H2,1H3,(H,15,17)(H,13,14,16). The molecule has 2 aromatic rings. The Hall–Kier alpha value is -2.37. The van der Waals surface area contributed by atoms with Crippen molar-refractivity contribution in [2.75, 3.05) is 5.73 Å². The van der Waals surface area contributed by atoms with Gasteiger partial charge in [-0.15, -0.1) is 0 Å². The Bertz CT molecular complexity index is 491. The summed E-state index contributed by atoms with van der Waals surface area (Å²) in [6.07, 6.45) is 1.40. The summed E-state index contributed by atoms with van der Waals surface area (Å²) in [5.41, 5.74) is 6.74. The number of nitrogens with one attached hydrogen (secondary N) is 2. The summed E-state index contributed by atoms with van der Waals surface area (Å²) in [4.78, 5) is 15.8. The molecule has 17 heavy (non-hydrogen) atoms. The summed E-state index contributed by atoms with van der Waals surface area (Å²) in [7, 11) is 0. The van der Waals surface area contributed by atoms with Crippen molar-refractivity contribution in [2.24, 2.45) is 0 Å². The van der Waals surface area contributed by atoms with Gasteiger partial charge in [0.1, 0.15) is 12.2 Å². The van der Waals surface area contributed by atoms with Crippen LogP contribution in [-0.2, 0) is 0 Å². The molecule has 88 valence electrons. The zero-order valence-corrected chi connectivity index (χ0v) is 9.34. The molecule has 1 aromatic heterocycles. The van der Waals surface area contributed by atoms with Crippen LogP contribution in [0, 0.1) is 0 Å². The molecule has 1 unspecified atom stereocenters. The zero-order valence-electron chi connectivity index (χ0n) is 9.34. The number of aromatic nitrogens is 3. The van der Waals surface area contributed by atoms with Crippen molar-refractivity contribution in [1.82, 2.24) is 20.5 Å². The minimum Gasteiger partial charge on any atom is -0.399 e. The highest BCUT2D eigenvalue weighted by Gasteiger charge is 2.12. The number of nitrogens with two attached hydrogens (primary N) is 1. The van der Waals surface area contributed by atoms with Gasteiger partial charge in [0, 0.05) is 11.3 Å². The minimum absolute atomic E-state index is 0.172. The molecule has 4 N–H and O–H groups in total. The van der Waals surface area contributed by atoms with Crippen molar-refractivity contribution in [2.45, 2.75) is 13.0 Å². The second-order valence-corrected chi connectivity index (χ2v) is 3.69. The Kier molecular flexibility index (Phi) is 3.04. The molecular weight excluding hydrogens is 218 g/mol. The minimum atomic E-state index is -0.220. The predicted molar refractivity (Wildman–Crippen MR) is 63.1 cm³/mol. The molecule has 0 fully saturated rings. The topological polar surface area (TPSA) is 96.7 Å². The fourth-order valence-electron chi connectivity index (χ4n) is 1.41. The molecule has 0 bridgehead atoms. The van der Waals surface area contributed by atoms with Gasteiger partial charge in [0.05, 0.1) is 6.04 Å². The molecule has 0 saturated heterocycles. The fraction of sp³-hybridized carbons (Fsp3) is 0.182. The molecule has 0 aliphatic heterocycles. The Labute approximate surface area is 98.3 Å². The van der Waals surface area contributed by atoms with Crippen LogP contribution in [-0.4, -0.2) is 21.1 Å². The molecule has 6 heteroatoms. The third kappa shape index (κ3) is 2.60. The highest BCUT2D eigenvalue weighted by Crippen LogP contribution is 2.09. The first-order chi connectivity index (χ1) is 8.16. The number of carbonyl (C=O) groups is 1. The molecule has 1 aromatic carbocycles. The van der Waals surface area contributed by atoms with Crippen LogP contribution in [0.1, 0.15) is 29.1 Å². The summed E-state index contributed by atoms with van der Waals surface area (Å²) >= 11 is 0. The quantitative estimate of drug-likeness (QED) is 0.683. The smallest absolute Gasteiger partial charge is 0.251 e. The number of hydrogen-bond acceptors (Lipinski definition) is 4. The normalized spacial score (nSPS) is 12.1. The molecule has 0 aliphatic rings. The Balaban J connectivity index is 2.04. The van der Waals surface area contributed by atoms with E-state index >= 15 is 0 Å². The predicted octanol–water partition coefficient (Wildman–Crippen LogP) is 0.878. The van der Waals surface area contributed by atoms with Crippen LogP contribution in [0.5, 0.6) is 0 Å². The first-order valence-electron chi connectivity index (χ1n) is 5.18. The number of benzene rings is 1. The van der Waals surface area contributed by atoms with Gasteiger partial charge in [-0.3, -0.25) is 9.89 Å². The van der Waals surface area contributed by atoms with Crippen LogP contribution < -0.4 is 11.1 Å². The third-order valence-electron chi connectivity index (χ3n) is 2.36. The van der Waals surface area contributed by atoms with E-state index in [1.807, 2.05) is 6.92 Å². The van der Waals surface area contributed by atoms with Gasteiger partial charge in [-0.1, -0.05) is 0 Å². The van der Waals surface area contributed by atoms with Crippen LogP contribution in [0.15, 0.2) is 30.6 Å². The highest BCUT2D eigenvalue weighted by atomic mass is 16.1. The molecule has 0 spiro atoms. The van der Waals surface area contributed by atoms with E-state index in [0.29, 0.717) is 17.1 Å². The van der Waals surface area contributed by atoms with Gasteiger partial charge in [-0.2, -0.15) is 5.10 Å². The van der Waals surface area contributed by atoms with E-state index in [9.17, 15) is 4.79 Å². The fourth-order valence-corrected chi connectivity index (χ4v) is 1.41. The monoisotopic (exact) mass is 231 g/mol. The molecule has 0 aliphatic carbocycles. The van der Waals surface area contributed by atoms with Gasteiger partial charge in [0.2, 0.25) is 0 Å². The van der Waals surface area contributed by atoms with Crippen molar-refractivity contribution in [1.29, 1.82) is 0 Å². The number of hydrogen-bond donors (Lipinski definition) is 3. The summed E-state index contributed by atoms with van der Waals surface area (Å²) in [6, 6.07) is 6.51. The van der Waals surface area contributed by atoms with Crippen LogP contribution in [0.25, 0.3) is 0 Å². The summed E-state index contributed by atoms with van der Waals surface area (Å²) in [5.74, 6) is 0.447. The van der Waals surface area contributed by atoms with Crippen LogP contribution in [0.4, 0.5) is 5.69 Å². The maximum atomic E-state index is 11.8. The first kappa shape index (κ1) is 11.1. The second kappa shape index (κ2) is 4.65. The van der Waals surface area contributed by atoms with E-state index in [1.165, 1.54) is 6.33 Å². The van der Waals surface area contributed by atoms with E-state index in [-0.39, 0.29) is 11.9 Å². The van der Waals surface area contributed by atoms with Gasteiger partial charge >= 0.3 is 0 Å². The van der Waals surface area contributed by atoms with E-state index in [2.05, 4.69) is 20.5 Å². The average Bonchev–Trinajstić information content (AvgIpc) is 2.83. The maximum Gasteiger partial charge on any atom is 0.251 e. The number of nitrogens with zero attached hydrogens (tertiary/aromatic N) is 2. The largest absolute Gasteiger partial charge is 0.399 e. The van der Waals surface area contributed by atoms with E-state index < -0.39 is 0 Å². The van der Waals surface area contributed by atoms with Crippen molar-refractivity contribution in [3.63, 3.8) is 0 Å². The SMILES string of the molecule is CC(NC(=O)c1ccc(N)cc1)c1ncn[nH]1. The van der Waals surface area contributed by atoms with Crippen LogP contribution >= 0.6 is 0 Å². The lowest BCUT2D eigenvalue weighted by atomic mass is 10.2. The number of anilines is 1. The molecule has 6 nitrogen and oxygen atoms in total. The van der Waals surface area contributed by atoms with E-state index in [0.717, 1.165) is 0 Å². The Morgan fingerprint density at radius 3 is 2.71 bits per heavy atom. The number of carbonyl (C=O) groups excluding carboxylic acids is 1. The van der Waals surface area contributed by atoms with E-state index in [1.54, 1.807) is 24.3 Å². The van der Waals surface area contributed by atoms with Gasteiger partial charge in [-0.25, -0.2) is 4.98 Å². The number of nitrogen functional groups attached to an aromatic ring is 1. The maximum absolute atomic E-state index is 11.8. The van der Waals surface area contributed by atoms with Crippen molar-refractivity contribution < 1.29 is 4.79 Å². The number of rotatable bonds is 3. The molecule has 0 radical (unpaired) electrons. The molecule has 2 rings (SSSR count). The van der Waals surface area contributed by atoms with Gasteiger partial charge in [0.15, 0.2) is 0 Å². The highest BCUT2D eigenvalue weighted by molar-refractivity contribution is 5.94. The number of H-pyrrole nitrogens is 1. The lowest BCUT2D eigenvalue weighted by molar-refractivity contribution is 0.0938. The first-order valence-corrected chi connectivity index (χ1v) is 5.18. The van der Waals surface area contributed by atoms with Crippen molar-refractivity contribution in [3.8, 4) is 0 Å². The van der Waals surface area contributed by atoms with Crippen molar-refractivity contribution >= 4 is 11.6 Å². The molecule has 1 atom stereocenters. The Morgan fingerprint density at radius 2 is 2.12 bits per heavy atom. The molecular formula is C11H13N5O. The van der Waals surface area contributed by atoms with Gasteiger partial charge in [-0.05, 0) is 31.2 Å².